The first-order valence-electron chi connectivity index (χ1n) is 8.44. The molecule has 1 fully saturated rings. The topological polar surface area (TPSA) is 55.3 Å². The lowest BCUT2D eigenvalue weighted by Crippen LogP contribution is -2.62. The van der Waals surface area contributed by atoms with E-state index in [4.69, 9.17) is 11.6 Å². The molecule has 3 nitrogen and oxygen atoms in total. The fourth-order valence-corrected chi connectivity index (χ4v) is 2.84. The number of rotatable bonds is 0. The van der Waals surface area contributed by atoms with Crippen LogP contribution in [0.5, 0.6) is 0 Å². The Balaban J connectivity index is 0.000000366. The molecule has 1 heterocycles. The molecular weight excluding hydrogens is 270 g/mol. The molecule has 0 amide bonds. The summed E-state index contributed by atoms with van der Waals surface area (Å²) >= 11 is 0. The number of nitrogens with zero attached hydrogens (tertiary/aromatic N) is 1. The first kappa shape index (κ1) is 20.9. The van der Waals surface area contributed by atoms with Gasteiger partial charge in [0.1, 0.15) is 0 Å². The number of hydrazine groups is 1. The molecule has 2 rings (SSSR count). The lowest BCUT2D eigenvalue weighted by atomic mass is 9.82. The maximum atomic E-state index is 6.02. The van der Waals surface area contributed by atoms with Crippen molar-refractivity contribution in [3.63, 3.8) is 0 Å². The van der Waals surface area contributed by atoms with Gasteiger partial charge in [-0.3, -0.25) is 5.84 Å². The fourth-order valence-electron chi connectivity index (χ4n) is 2.84. The van der Waals surface area contributed by atoms with Gasteiger partial charge in [0.15, 0.2) is 0 Å². The van der Waals surface area contributed by atoms with Crippen LogP contribution in [0.25, 0.3) is 0 Å². The van der Waals surface area contributed by atoms with Crippen molar-refractivity contribution in [2.24, 2.45) is 5.84 Å². The molecule has 0 aliphatic carbocycles. The van der Waals surface area contributed by atoms with Crippen molar-refractivity contribution in [1.82, 2.24) is 5.01 Å². The standard InChI is InChI=1S/C9H20N2.C8H11N.C2H6/c1-8(2)6-5-7-9(3,4)11(8)10;1-6-3-4-8(9)7(2)5-6;1-2/h5-7,10H2,1-4H3;3-5H,9H2,1-2H3;1-2H3. The average molecular weight is 308 g/mol. The van der Waals surface area contributed by atoms with Gasteiger partial charge in [0.05, 0.1) is 0 Å². The van der Waals surface area contributed by atoms with Gasteiger partial charge in [-0.15, -0.1) is 0 Å². The van der Waals surface area contributed by atoms with Gasteiger partial charge >= 0.3 is 0 Å². The van der Waals surface area contributed by atoms with Gasteiger partial charge in [-0.2, -0.15) is 0 Å². The first-order valence-corrected chi connectivity index (χ1v) is 8.44. The largest absolute Gasteiger partial charge is 0.399 e. The van der Waals surface area contributed by atoms with E-state index in [-0.39, 0.29) is 11.1 Å². The molecule has 1 aromatic rings. The Morgan fingerprint density at radius 3 is 1.73 bits per heavy atom. The van der Waals surface area contributed by atoms with Crippen molar-refractivity contribution in [1.29, 1.82) is 0 Å². The van der Waals surface area contributed by atoms with E-state index in [0.717, 1.165) is 11.3 Å². The van der Waals surface area contributed by atoms with Gasteiger partial charge in [0, 0.05) is 16.8 Å². The van der Waals surface area contributed by atoms with E-state index >= 15 is 0 Å². The van der Waals surface area contributed by atoms with Gasteiger partial charge in [0.25, 0.3) is 0 Å². The summed E-state index contributed by atoms with van der Waals surface area (Å²) in [6.07, 6.45) is 3.73. The van der Waals surface area contributed by atoms with Crippen LogP contribution in [-0.2, 0) is 0 Å². The Kier molecular flexibility index (Phi) is 8.13. The van der Waals surface area contributed by atoms with Crippen LogP contribution in [0.2, 0.25) is 0 Å². The molecule has 1 aliphatic rings. The van der Waals surface area contributed by atoms with Crippen LogP contribution >= 0.6 is 0 Å². The van der Waals surface area contributed by atoms with Crippen LogP contribution in [0.4, 0.5) is 5.69 Å². The molecule has 128 valence electrons. The Morgan fingerprint density at radius 2 is 1.41 bits per heavy atom. The maximum Gasteiger partial charge on any atom is 0.0343 e. The van der Waals surface area contributed by atoms with Gasteiger partial charge < -0.3 is 5.73 Å². The Hall–Kier alpha value is -1.06. The molecule has 0 saturated carbocycles. The van der Waals surface area contributed by atoms with Crippen molar-refractivity contribution in [3.05, 3.63) is 29.3 Å². The molecule has 0 bridgehead atoms. The summed E-state index contributed by atoms with van der Waals surface area (Å²) in [5, 5.41) is 2.02. The molecule has 0 aromatic heterocycles. The van der Waals surface area contributed by atoms with Crippen LogP contribution in [0.3, 0.4) is 0 Å². The number of piperidine rings is 1. The van der Waals surface area contributed by atoms with Crippen LogP contribution in [0.15, 0.2) is 18.2 Å². The maximum absolute atomic E-state index is 6.02. The summed E-state index contributed by atoms with van der Waals surface area (Å²) in [4.78, 5) is 0. The molecular formula is C19H37N3. The first-order chi connectivity index (χ1) is 10.1. The lowest BCUT2D eigenvalue weighted by molar-refractivity contribution is -0.0278. The van der Waals surface area contributed by atoms with Gasteiger partial charge in [-0.05, 0) is 72.4 Å². The predicted octanol–water partition coefficient (Wildman–Crippen LogP) is 4.82. The molecule has 4 N–H and O–H groups in total. The van der Waals surface area contributed by atoms with E-state index in [2.05, 4.69) is 40.7 Å². The molecule has 0 spiro atoms. The average Bonchev–Trinajstić information content (AvgIpc) is 2.43. The minimum absolute atomic E-state index is 0.182. The summed E-state index contributed by atoms with van der Waals surface area (Å²) in [5.74, 6) is 6.02. The molecule has 1 aromatic carbocycles. The van der Waals surface area contributed by atoms with E-state index in [9.17, 15) is 0 Å². The highest BCUT2D eigenvalue weighted by molar-refractivity contribution is 5.47. The van der Waals surface area contributed by atoms with Gasteiger partial charge in [-0.1, -0.05) is 31.5 Å². The van der Waals surface area contributed by atoms with E-state index in [1.54, 1.807) is 0 Å². The van der Waals surface area contributed by atoms with Crippen LogP contribution < -0.4 is 11.6 Å². The van der Waals surface area contributed by atoms with Gasteiger partial charge in [-0.25, -0.2) is 5.01 Å². The van der Waals surface area contributed by atoms with E-state index < -0.39 is 0 Å². The molecule has 1 saturated heterocycles. The van der Waals surface area contributed by atoms with Crippen LogP contribution in [0.1, 0.15) is 71.9 Å². The number of nitrogens with two attached hydrogens (primary N) is 2. The highest BCUT2D eigenvalue weighted by atomic mass is 15.5. The smallest absolute Gasteiger partial charge is 0.0343 e. The third kappa shape index (κ3) is 5.98. The van der Waals surface area contributed by atoms with Crippen molar-refractivity contribution in [2.75, 3.05) is 5.73 Å². The molecule has 0 atom stereocenters. The quantitative estimate of drug-likeness (QED) is 0.534. The van der Waals surface area contributed by atoms with E-state index in [1.165, 1.54) is 24.8 Å². The number of nitrogen functional groups attached to an aromatic ring is 1. The van der Waals surface area contributed by atoms with Crippen LogP contribution in [0, 0.1) is 13.8 Å². The third-order valence-corrected chi connectivity index (χ3v) is 4.31. The third-order valence-electron chi connectivity index (χ3n) is 4.31. The summed E-state index contributed by atoms with van der Waals surface area (Å²) in [7, 11) is 0. The second-order valence-electron chi connectivity index (χ2n) is 7.21. The molecule has 3 heteroatoms. The minimum Gasteiger partial charge on any atom is -0.399 e. The summed E-state index contributed by atoms with van der Waals surface area (Å²) in [6, 6.07) is 6.03. The number of aryl methyl sites for hydroxylation is 2. The van der Waals surface area contributed by atoms with Gasteiger partial charge in [0.2, 0.25) is 0 Å². The summed E-state index contributed by atoms with van der Waals surface area (Å²) < 4.78 is 0. The zero-order chi connectivity index (χ0) is 17.6. The number of hydrogen-bond donors (Lipinski definition) is 2. The molecule has 0 unspecified atom stereocenters. The van der Waals surface area contributed by atoms with Crippen molar-refractivity contribution < 1.29 is 0 Å². The SMILES string of the molecule is CC.CC1(C)CCCC(C)(C)N1N.Cc1ccc(N)c(C)c1. The summed E-state index contributed by atoms with van der Waals surface area (Å²) in [6.45, 7) is 16.9. The Bertz CT molecular complexity index is 434. The van der Waals surface area contributed by atoms with E-state index in [0.29, 0.717) is 0 Å². The summed E-state index contributed by atoms with van der Waals surface area (Å²) in [5.41, 5.74) is 9.26. The highest BCUT2D eigenvalue weighted by Gasteiger charge is 2.38. The zero-order valence-electron chi connectivity index (χ0n) is 16.0. The fraction of sp³-hybridized carbons (Fsp3) is 0.684. The lowest BCUT2D eigenvalue weighted by Gasteiger charge is -2.50. The monoisotopic (exact) mass is 307 g/mol. The second-order valence-corrected chi connectivity index (χ2v) is 7.21. The second kappa shape index (κ2) is 8.54. The Labute approximate surface area is 138 Å². The number of anilines is 1. The zero-order valence-corrected chi connectivity index (χ0v) is 16.0. The highest BCUT2D eigenvalue weighted by Crippen LogP contribution is 2.34. The minimum atomic E-state index is 0.182. The Morgan fingerprint density at radius 1 is 0.955 bits per heavy atom. The van der Waals surface area contributed by atoms with E-state index in [1.807, 2.05) is 37.9 Å². The van der Waals surface area contributed by atoms with Crippen molar-refractivity contribution in [3.8, 4) is 0 Å². The van der Waals surface area contributed by atoms with Crippen molar-refractivity contribution >= 4 is 5.69 Å². The number of benzene rings is 1. The van der Waals surface area contributed by atoms with Crippen molar-refractivity contribution in [2.45, 2.75) is 85.7 Å². The predicted molar refractivity (Wildman–Crippen MR) is 99.7 cm³/mol. The van der Waals surface area contributed by atoms with Crippen LogP contribution in [-0.4, -0.2) is 16.1 Å². The molecule has 0 radical (unpaired) electrons. The normalized spacial score (nSPS) is 19.3. The molecule has 22 heavy (non-hydrogen) atoms. The number of hydrogen-bond acceptors (Lipinski definition) is 3. The molecule has 1 aliphatic heterocycles.